The monoisotopic (exact) mass is 378 g/mol. The summed E-state index contributed by atoms with van der Waals surface area (Å²) in [5.41, 5.74) is 3.26. The first-order chi connectivity index (χ1) is 13.6. The molecule has 4 heteroatoms. The number of rotatable bonds is 6. The minimum atomic E-state index is -0.118. The number of carbonyl (C=O) groups is 1. The van der Waals surface area contributed by atoms with E-state index in [4.69, 9.17) is 4.74 Å². The van der Waals surface area contributed by atoms with Gasteiger partial charge in [0.25, 0.3) is 0 Å². The first-order valence-corrected chi connectivity index (χ1v) is 10.0. The molecule has 0 bridgehead atoms. The second-order valence-corrected chi connectivity index (χ2v) is 7.59. The molecule has 4 nitrogen and oxygen atoms in total. The zero-order valence-electron chi connectivity index (χ0n) is 17.0. The van der Waals surface area contributed by atoms with Gasteiger partial charge >= 0.3 is 0 Å². The van der Waals surface area contributed by atoms with Crippen LogP contribution in [0.3, 0.4) is 0 Å². The van der Waals surface area contributed by atoms with E-state index >= 15 is 0 Å². The first-order valence-electron chi connectivity index (χ1n) is 10.0. The van der Waals surface area contributed by atoms with Crippen molar-refractivity contribution in [3.05, 3.63) is 65.7 Å². The van der Waals surface area contributed by atoms with E-state index in [1.807, 2.05) is 31.2 Å². The third-order valence-corrected chi connectivity index (χ3v) is 5.33. The Hall–Kier alpha value is -2.75. The SMILES string of the molecule is COc1ccccc1/C=C/C(=O)N[C@H](C)c1ccc(N2CCC[C@H](C)C2)cc1. The molecule has 0 aromatic heterocycles. The van der Waals surface area contributed by atoms with E-state index in [0.29, 0.717) is 0 Å². The van der Waals surface area contributed by atoms with Gasteiger partial charge in [-0.05, 0) is 55.5 Å². The molecule has 0 saturated carbocycles. The van der Waals surface area contributed by atoms with Crippen LogP contribution in [0.5, 0.6) is 5.75 Å². The number of nitrogens with zero attached hydrogens (tertiary/aromatic N) is 1. The summed E-state index contributed by atoms with van der Waals surface area (Å²) < 4.78 is 5.31. The van der Waals surface area contributed by atoms with Crippen molar-refractivity contribution < 1.29 is 9.53 Å². The quantitative estimate of drug-likeness (QED) is 0.733. The number of carbonyl (C=O) groups excluding carboxylic acids is 1. The highest BCUT2D eigenvalue weighted by Crippen LogP contribution is 2.24. The Morgan fingerprint density at radius 2 is 1.96 bits per heavy atom. The van der Waals surface area contributed by atoms with Gasteiger partial charge in [0.1, 0.15) is 5.75 Å². The van der Waals surface area contributed by atoms with Crippen molar-refractivity contribution in [3.63, 3.8) is 0 Å². The van der Waals surface area contributed by atoms with Crippen LogP contribution in [0.2, 0.25) is 0 Å². The number of hydrogen-bond acceptors (Lipinski definition) is 3. The Balaban J connectivity index is 1.58. The van der Waals surface area contributed by atoms with Crippen LogP contribution in [-0.4, -0.2) is 26.1 Å². The number of piperidine rings is 1. The van der Waals surface area contributed by atoms with Gasteiger partial charge in [-0.15, -0.1) is 0 Å². The fraction of sp³-hybridized carbons (Fsp3) is 0.375. The Kier molecular flexibility index (Phi) is 6.75. The van der Waals surface area contributed by atoms with E-state index in [9.17, 15) is 4.79 Å². The number of anilines is 1. The molecule has 148 valence electrons. The first kappa shape index (κ1) is 20.0. The molecule has 1 fully saturated rings. The third kappa shape index (κ3) is 5.16. The van der Waals surface area contributed by atoms with E-state index in [1.54, 1.807) is 19.3 Å². The topological polar surface area (TPSA) is 41.6 Å². The second-order valence-electron chi connectivity index (χ2n) is 7.59. The molecule has 1 amide bonds. The average molecular weight is 379 g/mol. The van der Waals surface area contributed by atoms with Crippen LogP contribution in [0.1, 0.15) is 43.9 Å². The zero-order valence-corrected chi connectivity index (χ0v) is 17.0. The predicted molar refractivity (Wildman–Crippen MR) is 116 cm³/mol. The summed E-state index contributed by atoms with van der Waals surface area (Å²) in [4.78, 5) is 14.8. The number of para-hydroxylation sites is 1. The standard InChI is InChI=1S/C24H30N2O2/c1-18-7-6-16-26(17-18)22-13-10-20(11-14-22)19(2)25-24(27)15-12-21-8-4-5-9-23(21)28-3/h4-5,8-15,18-19H,6-7,16-17H2,1-3H3,(H,25,27)/b15-12+/t18-,19+/m0/s1. The molecule has 1 aliphatic heterocycles. The average Bonchev–Trinajstić information content (AvgIpc) is 2.72. The number of methoxy groups -OCH3 is 1. The highest BCUT2D eigenvalue weighted by molar-refractivity contribution is 5.92. The van der Waals surface area contributed by atoms with Gasteiger partial charge in [0.05, 0.1) is 13.2 Å². The zero-order chi connectivity index (χ0) is 19.9. The predicted octanol–water partition coefficient (Wildman–Crippen LogP) is 4.82. The van der Waals surface area contributed by atoms with Gasteiger partial charge in [0, 0.05) is 30.4 Å². The molecule has 1 saturated heterocycles. The number of hydrogen-bond donors (Lipinski definition) is 1. The number of amides is 1. The Bertz CT molecular complexity index is 814. The van der Waals surface area contributed by atoms with E-state index in [0.717, 1.165) is 35.9 Å². The lowest BCUT2D eigenvalue weighted by Gasteiger charge is -2.33. The largest absolute Gasteiger partial charge is 0.496 e. The number of nitrogens with one attached hydrogen (secondary N) is 1. The molecule has 28 heavy (non-hydrogen) atoms. The van der Waals surface area contributed by atoms with Crippen molar-refractivity contribution in [1.82, 2.24) is 5.32 Å². The molecule has 0 aliphatic carbocycles. The van der Waals surface area contributed by atoms with Crippen LogP contribution in [0.4, 0.5) is 5.69 Å². The molecule has 2 atom stereocenters. The van der Waals surface area contributed by atoms with Gasteiger partial charge < -0.3 is 15.0 Å². The smallest absolute Gasteiger partial charge is 0.244 e. The second kappa shape index (κ2) is 9.45. The fourth-order valence-corrected chi connectivity index (χ4v) is 3.71. The van der Waals surface area contributed by atoms with E-state index in [1.165, 1.54) is 18.5 Å². The van der Waals surface area contributed by atoms with Crippen molar-refractivity contribution in [2.45, 2.75) is 32.7 Å². The molecule has 1 N–H and O–H groups in total. The minimum Gasteiger partial charge on any atom is -0.496 e. The summed E-state index contributed by atoms with van der Waals surface area (Å²) in [7, 11) is 1.63. The van der Waals surface area contributed by atoms with Crippen LogP contribution in [0, 0.1) is 5.92 Å². The van der Waals surface area contributed by atoms with Gasteiger partial charge in [-0.25, -0.2) is 0 Å². The molecule has 3 rings (SSSR count). The van der Waals surface area contributed by atoms with Crippen molar-refractivity contribution in [3.8, 4) is 5.75 Å². The van der Waals surface area contributed by atoms with Gasteiger partial charge in [0.15, 0.2) is 0 Å². The maximum Gasteiger partial charge on any atom is 0.244 e. The summed E-state index contributed by atoms with van der Waals surface area (Å²) in [6.45, 7) is 6.58. The molecule has 0 spiro atoms. The Morgan fingerprint density at radius 1 is 1.21 bits per heavy atom. The Labute approximate surface area is 168 Å². The number of ether oxygens (including phenoxy) is 1. The van der Waals surface area contributed by atoms with E-state index in [-0.39, 0.29) is 11.9 Å². The van der Waals surface area contributed by atoms with Crippen LogP contribution in [0.25, 0.3) is 6.08 Å². The van der Waals surface area contributed by atoms with Crippen LogP contribution >= 0.6 is 0 Å². The molecule has 0 unspecified atom stereocenters. The molecular formula is C24H30N2O2. The van der Waals surface area contributed by atoms with Crippen molar-refractivity contribution in [1.29, 1.82) is 0 Å². The van der Waals surface area contributed by atoms with Crippen LogP contribution in [0.15, 0.2) is 54.6 Å². The van der Waals surface area contributed by atoms with Gasteiger partial charge in [-0.1, -0.05) is 37.3 Å². The highest BCUT2D eigenvalue weighted by Gasteiger charge is 2.17. The molecule has 2 aromatic rings. The molecule has 0 radical (unpaired) electrons. The Morgan fingerprint density at radius 3 is 2.68 bits per heavy atom. The summed E-state index contributed by atoms with van der Waals surface area (Å²) >= 11 is 0. The van der Waals surface area contributed by atoms with Crippen LogP contribution in [-0.2, 0) is 4.79 Å². The maximum absolute atomic E-state index is 12.3. The fourth-order valence-electron chi connectivity index (χ4n) is 3.71. The lowest BCUT2D eigenvalue weighted by molar-refractivity contribution is -0.117. The lowest BCUT2D eigenvalue weighted by Crippen LogP contribution is -2.34. The molecule has 1 aliphatic rings. The summed E-state index contributed by atoms with van der Waals surface area (Å²) in [5.74, 6) is 1.39. The molecule has 1 heterocycles. The van der Waals surface area contributed by atoms with Gasteiger partial charge in [0.2, 0.25) is 5.91 Å². The summed E-state index contributed by atoms with van der Waals surface area (Å²) in [5, 5.41) is 3.03. The molecular weight excluding hydrogens is 348 g/mol. The van der Waals surface area contributed by atoms with E-state index in [2.05, 4.69) is 41.4 Å². The lowest BCUT2D eigenvalue weighted by atomic mass is 9.99. The van der Waals surface area contributed by atoms with Gasteiger partial charge in [-0.3, -0.25) is 4.79 Å². The van der Waals surface area contributed by atoms with Crippen LogP contribution < -0.4 is 15.0 Å². The normalized spacial score (nSPS) is 18.1. The van der Waals surface area contributed by atoms with Crippen molar-refractivity contribution in [2.75, 3.05) is 25.1 Å². The minimum absolute atomic E-state index is 0.0517. The molecule has 2 aromatic carbocycles. The summed E-state index contributed by atoms with van der Waals surface area (Å²) in [6.07, 6.45) is 5.91. The van der Waals surface area contributed by atoms with E-state index < -0.39 is 0 Å². The van der Waals surface area contributed by atoms with Crippen molar-refractivity contribution in [2.24, 2.45) is 5.92 Å². The number of benzene rings is 2. The van der Waals surface area contributed by atoms with Crippen molar-refractivity contribution >= 4 is 17.7 Å². The third-order valence-electron chi connectivity index (χ3n) is 5.33. The van der Waals surface area contributed by atoms with Gasteiger partial charge in [-0.2, -0.15) is 0 Å². The maximum atomic E-state index is 12.3. The highest BCUT2D eigenvalue weighted by atomic mass is 16.5. The summed E-state index contributed by atoms with van der Waals surface area (Å²) in [6, 6.07) is 16.1.